The molecule has 0 unspecified atom stereocenters. The smallest absolute Gasteiger partial charge is 0.234 e. The standard InChI is InChI=1S/2C25H16N2O.2C24H15N3O.C24H17N3O/c1-2-7-22-20(5-1)24-23(13-10-18-14-16-28-25(18)24)27(22)19-11-8-17(9-12-19)21-6-3-4-15-26-21;1-2-6-22-21(5-1)24-23(12-9-18-13-15-28-25(18)24)27(22)20-10-7-17(8-11-20)19-4-3-14-26-16-19;1-2-6-20-19(5-1)23-21(9-7-16-11-13-28-24(16)23)27(20)22-10-8-18(15-26-22)17-4-3-12-25-14-17;1-2-4-20-19(3-1)23-21(7-5-17-11-14-28-24(17)23)27(20)22-8-6-18(15-26-22)16-9-12-25-13-10-16;1-2-16-12-13-21-22(23(16)28)19-10-6-7-11-20(19)27(21)24-25-14-18(15-26-24)17-8-4-3-5-9-17/h2*1-16H;2*1-15H;2-15,28H,1H2. The highest BCUT2D eigenvalue weighted by molar-refractivity contribution is 6.23. The number of hydrogen-bond donors (Lipinski definition) is 1. The quantitative estimate of drug-likeness (QED) is 0.128. The Balaban J connectivity index is 0.0000000924. The van der Waals surface area contributed by atoms with Crippen LogP contribution < -0.4 is 0 Å². The van der Waals surface area contributed by atoms with Crippen molar-refractivity contribution in [3.8, 4) is 90.5 Å². The van der Waals surface area contributed by atoms with Gasteiger partial charge in [0, 0.05) is 161 Å². The van der Waals surface area contributed by atoms with E-state index in [0.29, 0.717) is 11.5 Å². The maximum absolute atomic E-state index is 10.8. The lowest BCUT2D eigenvalue weighted by atomic mass is 10.1. The Bertz CT molecular complexity index is 8780. The first-order chi connectivity index (χ1) is 69.4. The monoisotopic (exact) mass is 1810 g/mol. The molecule has 140 heavy (non-hydrogen) atoms. The summed E-state index contributed by atoms with van der Waals surface area (Å²) in [6.07, 6.45) is 28.9. The molecule has 0 aliphatic carbocycles. The van der Waals surface area contributed by atoms with E-state index in [1.165, 1.54) is 21.8 Å². The van der Waals surface area contributed by atoms with Crippen LogP contribution in [0.1, 0.15) is 5.56 Å². The normalized spacial score (nSPS) is 11.5. The number of pyridine rings is 6. The molecule has 0 aliphatic rings. The molecule has 18 nitrogen and oxygen atoms in total. The van der Waals surface area contributed by atoms with E-state index in [4.69, 9.17) is 27.6 Å². The van der Waals surface area contributed by atoms with Crippen molar-refractivity contribution in [1.82, 2.24) is 62.7 Å². The third-order valence-corrected chi connectivity index (χ3v) is 26.2. The lowest BCUT2D eigenvalue weighted by molar-refractivity contribution is 0.481. The second kappa shape index (κ2) is 35.2. The molecule has 0 saturated carbocycles. The van der Waals surface area contributed by atoms with Gasteiger partial charge in [-0.15, -0.1) is 0 Å². The topological polar surface area (TPSA) is 201 Å². The van der Waals surface area contributed by atoms with Crippen molar-refractivity contribution in [3.63, 3.8) is 0 Å². The van der Waals surface area contributed by atoms with Gasteiger partial charge >= 0.3 is 0 Å². The minimum Gasteiger partial charge on any atom is -0.507 e. The number of fused-ring (bicyclic) bond motifs is 23. The maximum atomic E-state index is 10.8. The molecule has 18 heteroatoms. The van der Waals surface area contributed by atoms with Crippen molar-refractivity contribution < 1.29 is 22.8 Å². The number of aromatic nitrogens is 13. The van der Waals surface area contributed by atoms with E-state index in [2.05, 4.69) is 279 Å². The van der Waals surface area contributed by atoms with Crippen LogP contribution in [0.5, 0.6) is 5.75 Å². The third kappa shape index (κ3) is 14.5. The number of aromatic hydroxyl groups is 1. The molecule has 662 valence electrons. The largest absolute Gasteiger partial charge is 0.507 e. The van der Waals surface area contributed by atoms with Gasteiger partial charge in [0.1, 0.15) is 39.7 Å². The van der Waals surface area contributed by atoms with Gasteiger partial charge in [0.05, 0.1) is 113 Å². The fraction of sp³-hybridized carbons (Fsp3) is 0. The number of nitrogens with zero attached hydrogens (tertiary/aromatic N) is 13. The highest BCUT2D eigenvalue weighted by atomic mass is 16.3. The fourth-order valence-electron chi connectivity index (χ4n) is 19.7. The molecule has 1 N–H and O–H groups in total. The Morgan fingerprint density at radius 1 is 0.229 bits per heavy atom. The van der Waals surface area contributed by atoms with Crippen LogP contribution in [0.4, 0.5) is 0 Å². The summed E-state index contributed by atoms with van der Waals surface area (Å²) in [4.78, 5) is 35.7. The van der Waals surface area contributed by atoms with E-state index in [0.717, 1.165) is 210 Å². The highest BCUT2D eigenvalue weighted by Crippen LogP contribution is 2.45. The van der Waals surface area contributed by atoms with Gasteiger partial charge in [0.2, 0.25) is 5.95 Å². The molecule has 0 fully saturated rings. The molecule has 16 aromatic heterocycles. The van der Waals surface area contributed by atoms with Crippen LogP contribution in [-0.2, 0) is 0 Å². The summed E-state index contributed by atoms with van der Waals surface area (Å²) >= 11 is 0. The molecule has 0 radical (unpaired) electrons. The van der Waals surface area contributed by atoms with E-state index >= 15 is 0 Å². The number of furan rings is 4. The molecule has 29 aromatic rings. The Morgan fingerprint density at radius 3 is 1.01 bits per heavy atom. The van der Waals surface area contributed by atoms with Gasteiger partial charge < -0.3 is 31.9 Å². The first-order valence-electron chi connectivity index (χ1n) is 46.0. The van der Waals surface area contributed by atoms with Crippen molar-refractivity contribution in [2.24, 2.45) is 0 Å². The van der Waals surface area contributed by atoms with Gasteiger partial charge in [-0.3, -0.25) is 33.6 Å². The number of benzene rings is 13. The van der Waals surface area contributed by atoms with Crippen molar-refractivity contribution in [1.29, 1.82) is 0 Å². The average molecular weight is 1810 g/mol. The first-order valence-corrected chi connectivity index (χ1v) is 46.0. The van der Waals surface area contributed by atoms with Gasteiger partial charge in [0.15, 0.2) is 0 Å². The van der Waals surface area contributed by atoms with Gasteiger partial charge in [-0.1, -0.05) is 176 Å². The van der Waals surface area contributed by atoms with Crippen LogP contribution in [0, 0.1) is 0 Å². The zero-order chi connectivity index (χ0) is 93.1. The van der Waals surface area contributed by atoms with Crippen LogP contribution >= 0.6 is 0 Å². The van der Waals surface area contributed by atoms with E-state index in [9.17, 15) is 5.11 Å². The summed E-state index contributed by atoms with van der Waals surface area (Å²) in [6, 6.07) is 124. The summed E-state index contributed by atoms with van der Waals surface area (Å²) in [6.45, 7) is 3.79. The summed E-state index contributed by atoms with van der Waals surface area (Å²) in [7, 11) is 0. The number of para-hydroxylation sites is 5. The zero-order valence-electron chi connectivity index (χ0n) is 75.0. The molecular formula is C122H79N13O5. The average Bonchev–Trinajstić information content (AvgIpc) is 1.61. The lowest BCUT2D eigenvalue weighted by Crippen LogP contribution is -2.00. The summed E-state index contributed by atoms with van der Waals surface area (Å²) < 4.78 is 34.3. The third-order valence-electron chi connectivity index (χ3n) is 26.2. The molecule has 0 amide bonds. The molecule has 13 aromatic carbocycles. The molecule has 0 spiro atoms. The molecule has 16 heterocycles. The van der Waals surface area contributed by atoms with Gasteiger partial charge in [-0.05, 0) is 222 Å². The molecule has 29 rings (SSSR count). The summed E-state index contributed by atoms with van der Waals surface area (Å²) in [5, 5.41) is 26.3. The Morgan fingerprint density at radius 2 is 0.579 bits per heavy atom. The predicted octanol–water partition coefficient (Wildman–Crippen LogP) is 30.7. The predicted molar refractivity (Wildman–Crippen MR) is 564 cm³/mol. The number of hydrogen-bond acceptors (Lipinski definition) is 13. The van der Waals surface area contributed by atoms with Crippen LogP contribution in [0.3, 0.4) is 0 Å². The number of rotatable bonds is 11. The van der Waals surface area contributed by atoms with E-state index < -0.39 is 0 Å². The van der Waals surface area contributed by atoms with E-state index in [-0.39, 0.29) is 5.75 Å². The van der Waals surface area contributed by atoms with Gasteiger partial charge in [0.25, 0.3) is 0 Å². The van der Waals surface area contributed by atoms with Gasteiger partial charge in [-0.25, -0.2) is 19.9 Å². The molecule has 0 atom stereocenters. The van der Waals surface area contributed by atoms with Crippen molar-refractivity contribution >= 4 is 159 Å². The van der Waals surface area contributed by atoms with Crippen LogP contribution in [0.2, 0.25) is 0 Å². The Hall–Kier alpha value is -19.5. The van der Waals surface area contributed by atoms with Crippen LogP contribution in [-0.4, -0.2) is 67.8 Å². The van der Waals surface area contributed by atoms with Crippen molar-refractivity contribution in [3.05, 3.63) is 469 Å². The number of phenolic OH excluding ortho intramolecular Hbond substituents is 1. The maximum Gasteiger partial charge on any atom is 0.234 e. The summed E-state index contributed by atoms with van der Waals surface area (Å²) in [5.74, 6) is 2.56. The summed E-state index contributed by atoms with van der Waals surface area (Å²) in [5.41, 5.74) is 28.2. The first kappa shape index (κ1) is 82.4. The Labute approximate surface area is 799 Å². The van der Waals surface area contributed by atoms with Crippen molar-refractivity contribution in [2.45, 2.75) is 0 Å². The van der Waals surface area contributed by atoms with E-state index in [1.54, 1.807) is 55.9 Å². The van der Waals surface area contributed by atoms with Crippen LogP contribution in [0.15, 0.2) is 481 Å². The zero-order valence-corrected chi connectivity index (χ0v) is 75.0. The molecule has 0 aliphatic heterocycles. The fourth-order valence-corrected chi connectivity index (χ4v) is 19.7. The van der Waals surface area contributed by atoms with Crippen LogP contribution in [0.25, 0.3) is 244 Å². The molecule has 0 bridgehead atoms. The van der Waals surface area contributed by atoms with Crippen molar-refractivity contribution in [2.75, 3.05) is 0 Å². The minimum absolute atomic E-state index is 0.225. The Kier molecular flexibility index (Phi) is 20.7. The highest BCUT2D eigenvalue weighted by Gasteiger charge is 2.24. The second-order valence-corrected chi connectivity index (χ2v) is 34.0. The lowest BCUT2D eigenvalue weighted by Gasteiger charge is -2.09. The van der Waals surface area contributed by atoms with E-state index in [1.807, 2.05) is 187 Å². The van der Waals surface area contributed by atoms with Gasteiger partial charge in [-0.2, -0.15) is 0 Å². The second-order valence-electron chi connectivity index (χ2n) is 34.0. The molecule has 0 saturated heterocycles. The SMILES string of the molecule is C=Cc1ccc2c(c1O)c1ccccc1n2-c1ncc(-c2ccccc2)cn1.c1ccc(-c2ccc(-n3c4ccccc4c4c5occc5ccc43)cc2)nc1.c1ccc2c(c1)c1c3occc3ccc1n2-c1ccc(-c2ccncc2)cn1.c1cncc(-c2ccc(-n3c4ccccc4c4c5occc5ccc43)cc2)c1.c1cncc(-c2ccc(-n3c4ccccc4c4c5occc5ccc43)nc2)c1. The minimum atomic E-state index is 0.225. The molecular weight excluding hydrogens is 1730 g/mol. The number of phenols is 1.